The van der Waals surface area contributed by atoms with Crippen molar-refractivity contribution in [3.63, 3.8) is 0 Å². The summed E-state index contributed by atoms with van der Waals surface area (Å²) in [5, 5.41) is 3.60. The van der Waals surface area contributed by atoms with Crippen LogP contribution in [0.1, 0.15) is 70.2 Å². The first-order valence-electron chi connectivity index (χ1n) is 8.54. The Balaban J connectivity index is 2.16. The first-order chi connectivity index (χ1) is 9.93. The van der Waals surface area contributed by atoms with Crippen molar-refractivity contribution in [3.05, 3.63) is 22.8 Å². The molecule has 0 amide bonds. The highest BCUT2D eigenvalue weighted by atomic mass is 14.9. The first-order valence-corrected chi connectivity index (χ1v) is 8.54. The van der Waals surface area contributed by atoms with E-state index in [2.05, 4.69) is 39.9 Å². The van der Waals surface area contributed by atoms with Gasteiger partial charge in [0.2, 0.25) is 0 Å². The van der Waals surface area contributed by atoms with E-state index < -0.39 is 0 Å². The molecule has 118 valence electrons. The van der Waals surface area contributed by atoms with Crippen molar-refractivity contribution in [3.8, 4) is 0 Å². The van der Waals surface area contributed by atoms with Gasteiger partial charge in [-0.2, -0.15) is 0 Å². The third-order valence-corrected chi connectivity index (χ3v) is 3.97. The molecule has 1 aliphatic rings. The molecule has 1 aliphatic carbocycles. The number of hydrogen-bond acceptors (Lipinski definition) is 3. The standard InChI is InChI=1S/C18H31N3/c1-6-15-14(10-11-19-13-8-9-13)16(7-2)21-17(20-15)12-18(3,4)5/h13,19H,6-12H2,1-5H3. The van der Waals surface area contributed by atoms with Gasteiger partial charge in [-0.1, -0.05) is 34.6 Å². The maximum absolute atomic E-state index is 4.86. The molecule has 1 fully saturated rings. The maximum Gasteiger partial charge on any atom is 0.129 e. The monoisotopic (exact) mass is 289 g/mol. The van der Waals surface area contributed by atoms with E-state index in [1.807, 2.05) is 0 Å². The van der Waals surface area contributed by atoms with Gasteiger partial charge in [0, 0.05) is 23.9 Å². The molecule has 0 bridgehead atoms. The van der Waals surface area contributed by atoms with E-state index in [0.29, 0.717) is 0 Å². The molecule has 1 aromatic rings. The van der Waals surface area contributed by atoms with E-state index in [0.717, 1.165) is 44.1 Å². The molecule has 1 aromatic heterocycles. The van der Waals surface area contributed by atoms with Gasteiger partial charge in [-0.05, 0) is 49.6 Å². The zero-order valence-electron chi connectivity index (χ0n) is 14.4. The quantitative estimate of drug-likeness (QED) is 0.835. The van der Waals surface area contributed by atoms with Crippen LogP contribution in [0.25, 0.3) is 0 Å². The fourth-order valence-corrected chi connectivity index (χ4v) is 2.75. The average molecular weight is 289 g/mol. The number of hydrogen-bond donors (Lipinski definition) is 1. The van der Waals surface area contributed by atoms with Gasteiger partial charge >= 0.3 is 0 Å². The number of aromatic nitrogens is 2. The summed E-state index contributed by atoms with van der Waals surface area (Å²) in [5.74, 6) is 1.02. The van der Waals surface area contributed by atoms with Crippen molar-refractivity contribution in [2.75, 3.05) is 6.54 Å². The van der Waals surface area contributed by atoms with Crippen LogP contribution in [-0.4, -0.2) is 22.6 Å². The van der Waals surface area contributed by atoms with Gasteiger partial charge in [0.25, 0.3) is 0 Å². The number of nitrogens with zero attached hydrogens (tertiary/aromatic N) is 2. The summed E-state index contributed by atoms with van der Waals surface area (Å²) in [6.07, 6.45) is 6.73. The zero-order valence-corrected chi connectivity index (χ0v) is 14.4. The Morgan fingerprint density at radius 1 is 1.05 bits per heavy atom. The second-order valence-corrected chi connectivity index (χ2v) is 7.43. The average Bonchev–Trinajstić information content (AvgIpc) is 3.21. The van der Waals surface area contributed by atoms with E-state index in [1.165, 1.54) is 29.8 Å². The van der Waals surface area contributed by atoms with Crippen molar-refractivity contribution in [1.82, 2.24) is 15.3 Å². The fourth-order valence-electron chi connectivity index (χ4n) is 2.75. The van der Waals surface area contributed by atoms with Crippen molar-refractivity contribution in [1.29, 1.82) is 0 Å². The van der Waals surface area contributed by atoms with Crippen LogP contribution < -0.4 is 5.32 Å². The molecule has 21 heavy (non-hydrogen) atoms. The van der Waals surface area contributed by atoms with Gasteiger partial charge in [-0.15, -0.1) is 0 Å². The summed E-state index contributed by atoms with van der Waals surface area (Å²) in [5.41, 5.74) is 4.16. The molecule has 0 aromatic carbocycles. The minimum atomic E-state index is 0.241. The predicted octanol–water partition coefficient (Wildman–Crippen LogP) is 3.48. The summed E-state index contributed by atoms with van der Waals surface area (Å²) in [7, 11) is 0. The zero-order chi connectivity index (χ0) is 15.5. The Labute approximate surface area is 130 Å². The smallest absolute Gasteiger partial charge is 0.129 e. The highest BCUT2D eigenvalue weighted by molar-refractivity contribution is 5.27. The number of rotatable bonds is 7. The molecule has 1 heterocycles. The normalized spacial score (nSPS) is 15.5. The molecule has 3 heteroatoms. The van der Waals surface area contributed by atoms with Crippen molar-refractivity contribution < 1.29 is 0 Å². The molecule has 1 saturated carbocycles. The van der Waals surface area contributed by atoms with Gasteiger partial charge in [-0.3, -0.25) is 0 Å². The van der Waals surface area contributed by atoms with E-state index in [1.54, 1.807) is 0 Å². The number of aryl methyl sites for hydroxylation is 2. The lowest BCUT2D eigenvalue weighted by atomic mass is 9.91. The van der Waals surface area contributed by atoms with Crippen molar-refractivity contribution in [2.45, 2.75) is 79.2 Å². The molecule has 0 saturated heterocycles. The second kappa shape index (κ2) is 6.87. The minimum Gasteiger partial charge on any atom is -0.314 e. The molecule has 3 nitrogen and oxygen atoms in total. The van der Waals surface area contributed by atoms with E-state index in [4.69, 9.17) is 9.97 Å². The molecule has 2 rings (SSSR count). The predicted molar refractivity (Wildman–Crippen MR) is 88.7 cm³/mol. The lowest BCUT2D eigenvalue weighted by Gasteiger charge is -2.19. The largest absolute Gasteiger partial charge is 0.314 e. The second-order valence-electron chi connectivity index (χ2n) is 7.43. The number of nitrogens with one attached hydrogen (secondary N) is 1. The molecular formula is C18H31N3. The summed E-state index contributed by atoms with van der Waals surface area (Å²) < 4.78 is 0. The molecule has 0 unspecified atom stereocenters. The SMILES string of the molecule is CCc1nc(CC(C)(C)C)nc(CC)c1CCNC1CC1. The lowest BCUT2D eigenvalue weighted by Crippen LogP contribution is -2.22. The Hall–Kier alpha value is -0.960. The van der Waals surface area contributed by atoms with Gasteiger partial charge in [0.1, 0.15) is 5.82 Å². The lowest BCUT2D eigenvalue weighted by molar-refractivity contribution is 0.399. The molecule has 0 aliphatic heterocycles. The van der Waals surface area contributed by atoms with Crippen LogP contribution in [0, 0.1) is 5.41 Å². The van der Waals surface area contributed by atoms with Crippen LogP contribution in [0.3, 0.4) is 0 Å². The Bertz CT molecular complexity index is 445. The summed E-state index contributed by atoms with van der Waals surface area (Å²) in [6.45, 7) is 12.2. The first kappa shape index (κ1) is 16.4. The molecule has 0 spiro atoms. The fraction of sp³-hybridized carbons (Fsp3) is 0.778. The Morgan fingerprint density at radius 2 is 1.62 bits per heavy atom. The van der Waals surface area contributed by atoms with Crippen LogP contribution in [0.4, 0.5) is 0 Å². The van der Waals surface area contributed by atoms with E-state index >= 15 is 0 Å². The molecule has 0 atom stereocenters. The third-order valence-electron chi connectivity index (χ3n) is 3.97. The van der Waals surface area contributed by atoms with Gasteiger partial charge in [0.15, 0.2) is 0 Å². The summed E-state index contributed by atoms with van der Waals surface area (Å²) in [6, 6.07) is 0.779. The Morgan fingerprint density at radius 3 is 2.05 bits per heavy atom. The van der Waals surface area contributed by atoms with Crippen LogP contribution >= 0.6 is 0 Å². The van der Waals surface area contributed by atoms with Gasteiger partial charge in [-0.25, -0.2) is 9.97 Å². The molecule has 0 radical (unpaired) electrons. The Kier molecular flexibility index (Phi) is 5.37. The van der Waals surface area contributed by atoms with Crippen LogP contribution in [-0.2, 0) is 25.7 Å². The van der Waals surface area contributed by atoms with E-state index in [-0.39, 0.29) is 5.41 Å². The highest BCUT2D eigenvalue weighted by Gasteiger charge is 2.21. The van der Waals surface area contributed by atoms with Crippen molar-refractivity contribution in [2.24, 2.45) is 5.41 Å². The van der Waals surface area contributed by atoms with Gasteiger partial charge < -0.3 is 5.32 Å². The minimum absolute atomic E-state index is 0.241. The third kappa shape index (κ3) is 5.06. The maximum atomic E-state index is 4.86. The summed E-state index contributed by atoms with van der Waals surface area (Å²) in [4.78, 5) is 9.72. The van der Waals surface area contributed by atoms with Crippen LogP contribution in [0.15, 0.2) is 0 Å². The van der Waals surface area contributed by atoms with Crippen molar-refractivity contribution >= 4 is 0 Å². The molecule has 1 N–H and O–H groups in total. The summed E-state index contributed by atoms with van der Waals surface area (Å²) >= 11 is 0. The van der Waals surface area contributed by atoms with Gasteiger partial charge in [0.05, 0.1) is 0 Å². The highest BCUT2D eigenvalue weighted by Crippen LogP contribution is 2.22. The van der Waals surface area contributed by atoms with Crippen LogP contribution in [0.2, 0.25) is 0 Å². The topological polar surface area (TPSA) is 37.8 Å². The van der Waals surface area contributed by atoms with E-state index in [9.17, 15) is 0 Å². The molecular weight excluding hydrogens is 258 g/mol. The van der Waals surface area contributed by atoms with Crippen LogP contribution in [0.5, 0.6) is 0 Å².